The summed E-state index contributed by atoms with van der Waals surface area (Å²) in [6.45, 7) is 6.51. The fourth-order valence-electron chi connectivity index (χ4n) is 1.15. The van der Waals surface area contributed by atoms with Crippen molar-refractivity contribution in [2.45, 2.75) is 30.4 Å². The molecular formula is C12H17ClN2S. The Morgan fingerprint density at radius 1 is 1.38 bits per heavy atom. The minimum Gasteiger partial charge on any atom is -0.386 e. The zero-order valence-electron chi connectivity index (χ0n) is 9.83. The summed E-state index contributed by atoms with van der Waals surface area (Å²) < 4.78 is 0.154. The first kappa shape index (κ1) is 13.4. The van der Waals surface area contributed by atoms with Crippen LogP contribution in [-0.4, -0.2) is 16.5 Å². The minimum atomic E-state index is 0.154. The molecular weight excluding hydrogens is 240 g/mol. The molecule has 4 heteroatoms. The second-order valence-corrected chi connectivity index (χ2v) is 6.55. The van der Waals surface area contributed by atoms with Crippen LogP contribution in [-0.2, 0) is 0 Å². The molecule has 2 nitrogen and oxygen atoms in total. The molecule has 88 valence electrons. The van der Waals surface area contributed by atoms with Crippen LogP contribution in [0.2, 0.25) is 0 Å². The number of alkyl halides is 1. The number of aliphatic imine (C=N–C) groups is 1. The van der Waals surface area contributed by atoms with E-state index in [0.29, 0.717) is 5.84 Å². The van der Waals surface area contributed by atoms with Crippen LogP contribution >= 0.6 is 23.4 Å². The number of thioether (sulfide) groups is 1. The van der Waals surface area contributed by atoms with Gasteiger partial charge in [-0.2, -0.15) is 0 Å². The number of benzene rings is 1. The molecule has 0 fully saturated rings. The lowest BCUT2D eigenvalue weighted by Crippen LogP contribution is -2.12. The minimum absolute atomic E-state index is 0.154. The Morgan fingerprint density at radius 3 is 2.56 bits per heavy atom. The maximum atomic E-state index is 5.65. The third-order valence-corrected chi connectivity index (χ3v) is 3.13. The normalized spacial score (nSPS) is 12.9. The van der Waals surface area contributed by atoms with Crippen LogP contribution in [0.1, 0.15) is 20.8 Å². The zero-order valence-corrected chi connectivity index (χ0v) is 11.4. The van der Waals surface area contributed by atoms with E-state index in [4.69, 9.17) is 17.3 Å². The number of hydrogen-bond acceptors (Lipinski definition) is 2. The van der Waals surface area contributed by atoms with Crippen molar-refractivity contribution in [1.29, 1.82) is 0 Å². The highest BCUT2D eigenvalue weighted by Crippen LogP contribution is 2.37. The number of rotatable bonds is 3. The maximum absolute atomic E-state index is 5.65. The Hall–Kier alpha value is -0.670. The molecule has 0 saturated carbocycles. The quantitative estimate of drug-likeness (QED) is 0.387. The summed E-state index contributed by atoms with van der Waals surface area (Å²) in [5.41, 5.74) is 6.54. The smallest absolute Gasteiger partial charge is 0.115 e. The number of hydrogen-bond donors (Lipinski definition) is 1. The van der Waals surface area contributed by atoms with Gasteiger partial charge in [0.1, 0.15) is 5.84 Å². The van der Waals surface area contributed by atoms with Crippen LogP contribution in [0, 0.1) is 0 Å². The van der Waals surface area contributed by atoms with E-state index in [1.165, 1.54) is 0 Å². The highest BCUT2D eigenvalue weighted by atomic mass is 35.5. The van der Waals surface area contributed by atoms with E-state index in [1.807, 2.05) is 18.2 Å². The Morgan fingerprint density at radius 2 is 2.00 bits per heavy atom. The van der Waals surface area contributed by atoms with Crippen molar-refractivity contribution in [3.05, 3.63) is 24.3 Å². The lowest BCUT2D eigenvalue weighted by atomic mass is 10.3. The largest absolute Gasteiger partial charge is 0.386 e. The van der Waals surface area contributed by atoms with Crippen LogP contribution in [0.15, 0.2) is 34.2 Å². The molecule has 2 N–H and O–H groups in total. The number of nitrogens with zero attached hydrogens (tertiary/aromatic N) is 1. The summed E-state index contributed by atoms with van der Waals surface area (Å²) in [4.78, 5) is 5.43. The first-order chi connectivity index (χ1) is 7.42. The number of halogens is 1. The first-order valence-electron chi connectivity index (χ1n) is 5.09. The van der Waals surface area contributed by atoms with Crippen molar-refractivity contribution in [3.8, 4) is 0 Å². The van der Waals surface area contributed by atoms with Gasteiger partial charge in [-0.25, -0.2) is 4.99 Å². The van der Waals surface area contributed by atoms with E-state index < -0.39 is 0 Å². The fourth-order valence-corrected chi connectivity index (χ4v) is 2.23. The third-order valence-electron chi connectivity index (χ3n) is 1.68. The van der Waals surface area contributed by atoms with Gasteiger partial charge in [0, 0.05) is 9.64 Å². The summed E-state index contributed by atoms with van der Waals surface area (Å²) in [5.74, 6) is 0.706. The van der Waals surface area contributed by atoms with Crippen LogP contribution in [0.25, 0.3) is 0 Å². The summed E-state index contributed by atoms with van der Waals surface area (Å²) in [6.07, 6.45) is 0. The second-order valence-electron chi connectivity index (χ2n) is 4.42. The summed E-state index contributed by atoms with van der Waals surface area (Å²) in [5, 5.41) is 0. The predicted octanol–water partition coefficient (Wildman–Crippen LogP) is 3.80. The van der Waals surface area contributed by atoms with E-state index in [9.17, 15) is 0 Å². The van der Waals surface area contributed by atoms with Crippen LogP contribution in [0.4, 0.5) is 5.69 Å². The second kappa shape index (κ2) is 5.60. The van der Waals surface area contributed by atoms with Crippen LogP contribution < -0.4 is 5.73 Å². The highest BCUT2D eigenvalue weighted by Gasteiger charge is 2.14. The van der Waals surface area contributed by atoms with Crippen LogP contribution in [0.5, 0.6) is 0 Å². The molecule has 0 aliphatic rings. The van der Waals surface area contributed by atoms with Gasteiger partial charge in [0.25, 0.3) is 0 Å². The third kappa shape index (κ3) is 4.45. The highest BCUT2D eigenvalue weighted by molar-refractivity contribution is 8.00. The van der Waals surface area contributed by atoms with Gasteiger partial charge in [-0.1, -0.05) is 32.9 Å². The molecule has 0 spiro atoms. The molecule has 0 atom stereocenters. The van der Waals surface area contributed by atoms with Gasteiger partial charge in [0.2, 0.25) is 0 Å². The van der Waals surface area contributed by atoms with Gasteiger partial charge in [-0.3, -0.25) is 0 Å². The van der Waals surface area contributed by atoms with E-state index in [-0.39, 0.29) is 10.6 Å². The Bertz CT molecular complexity index is 383. The van der Waals surface area contributed by atoms with E-state index in [2.05, 4.69) is 31.8 Å². The lowest BCUT2D eigenvalue weighted by Gasteiger charge is -2.18. The van der Waals surface area contributed by atoms with Crippen molar-refractivity contribution in [3.63, 3.8) is 0 Å². The molecule has 0 aliphatic carbocycles. The van der Waals surface area contributed by atoms with Crippen LogP contribution in [0.3, 0.4) is 0 Å². The summed E-state index contributed by atoms with van der Waals surface area (Å²) >= 11 is 7.40. The molecule has 1 aromatic rings. The predicted molar refractivity (Wildman–Crippen MR) is 74.1 cm³/mol. The Balaban J connectivity index is 3.01. The molecule has 0 aromatic heterocycles. The maximum Gasteiger partial charge on any atom is 0.115 e. The average Bonchev–Trinajstić information content (AvgIpc) is 2.18. The van der Waals surface area contributed by atoms with Gasteiger partial charge < -0.3 is 5.73 Å². The first-order valence-corrected chi connectivity index (χ1v) is 6.44. The van der Waals surface area contributed by atoms with Gasteiger partial charge in [-0.15, -0.1) is 23.4 Å². The topological polar surface area (TPSA) is 38.4 Å². The monoisotopic (exact) mass is 256 g/mol. The number of amidine groups is 1. The standard InChI is InChI=1S/C12H17ClN2S/c1-12(2,3)16-10-7-5-4-6-9(10)15-11(14)8-13/h4-7H,8H2,1-3H3,(H2,14,15). The summed E-state index contributed by atoms with van der Waals surface area (Å²) in [6, 6.07) is 7.96. The van der Waals surface area contributed by atoms with Gasteiger partial charge in [0.05, 0.1) is 11.6 Å². The van der Waals surface area contributed by atoms with Crippen molar-refractivity contribution in [2.75, 3.05) is 5.88 Å². The molecule has 16 heavy (non-hydrogen) atoms. The molecule has 0 aliphatic heterocycles. The van der Waals surface area contributed by atoms with E-state index in [1.54, 1.807) is 11.8 Å². The number of para-hydroxylation sites is 1. The molecule has 1 aromatic carbocycles. The van der Waals surface area contributed by atoms with Gasteiger partial charge in [-0.05, 0) is 12.1 Å². The SMILES string of the molecule is CC(C)(C)Sc1ccccc1N=C(N)CCl. The van der Waals surface area contributed by atoms with Crippen molar-refractivity contribution in [2.24, 2.45) is 10.7 Å². The number of nitrogens with two attached hydrogens (primary N) is 1. The molecule has 0 radical (unpaired) electrons. The van der Waals surface area contributed by atoms with Crippen molar-refractivity contribution < 1.29 is 0 Å². The molecule has 0 saturated heterocycles. The van der Waals surface area contributed by atoms with E-state index >= 15 is 0 Å². The Labute approximate surface area is 106 Å². The molecule has 0 heterocycles. The molecule has 0 bridgehead atoms. The van der Waals surface area contributed by atoms with Gasteiger partial charge in [0.15, 0.2) is 0 Å². The van der Waals surface area contributed by atoms with Crippen molar-refractivity contribution >= 4 is 34.9 Å². The fraction of sp³-hybridized carbons (Fsp3) is 0.417. The Kier molecular flexibility index (Phi) is 4.69. The average molecular weight is 257 g/mol. The van der Waals surface area contributed by atoms with Crippen molar-refractivity contribution in [1.82, 2.24) is 0 Å². The lowest BCUT2D eigenvalue weighted by molar-refractivity contribution is 0.803. The zero-order chi connectivity index (χ0) is 12.2. The summed E-state index contributed by atoms with van der Waals surface area (Å²) in [7, 11) is 0. The van der Waals surface area contributed by atoms with Gasteiger partial charge >= 0.3 is 0 Å². The molecule has 1 rings (SSSR count). The van der Waals surface area contributed by atoms with E-state index in [0.717, 1.165) is 10.6 Å². The molecule has 0 unspecified atom stereocenters. The molecule has 0 amide bonds.